The summed E-state index contributed by atoms with van der Waals surface area (Å²) in [5, 5.41) is 8.61. The van der Waals surface area contributed by atoms with Gasteiger partial charge in [0, 0.05) is 13.1 Å². The van der Waals surface area contributed by atoms with E-state index < -0.39 is 28.9 Å². The Bertz CT molecular complexity index is 903. The van der Waals surface area contributed by atoms with E-state index in [1.807, 2.05) is 0 Å². The van der Waals surface area contributed by atoms with Crippen LogP contribution in [0.4, 0.5) is 17.6 Å². The topological polar surface area (TPSA) is 67.8 Å². The molecular weight excluding hydrogens is 306 g/mol. The lowest BCUT2D eigenvalue weighted by Gasteiger charge is -2.13. The van der Waals surface area contributed by atoms with Gasteiger partial charge in [-0.3, -0.25) is 9.36 Å². The van der Waals surface area contributed by atoms with Crippen LogP contribution >= 0.6 is 0 Å². The molecule has 22 heavy (non-hydrogen) atoms. The Morgan fingerprint density at radius 2 is 1.82 bits per heavy atom. The molecule has 0 aliphatic carbocycles. The number of benzene rings is 1. The number of nitriles is 1. The summed E-state index contributed by atoms with van der Waals surface area (Å²) in [6.07, 6.45) is -4.87. The van der Waals surface area contributed by atoms with Crippen molar-refractivity contribution in [3.63, 3.8) is 0 Å². The zero-order chi connectivity index (χ0) is 16.7. The molecule has 1 heterocycles. The minimum atomic E-state index is -4.87. The van der Waals surface area contributed by atoms with E-state index in [1.165, 1.54) is 0 Å². The summed E-state index contributed by atoms with van der Waals surface area (Å²) in [5.41, 5.74) is -4.52. The Hall–Kier alpha value is -2.89. The number of hydrogen-bond acceptors (Lipinski definition) is 3. The molecule has 114 valence electrons. The van der Waals surface area contributed by atoms with Gasteiger partial charge in [0.05, 0.1) is 11.3 Å². The number of alkyl halides is 3. The van der Waals surface area contributed by atoms with Crippen LogP contribution in [-0.2, 0) is 13.2 Å². The van der Waals surface area contributed by atoms with Gasteiger partial charge in [-0.15, -0.1) is 0 Å². The highest BCUT2D eigenvalue weighted by Gasteiger charge is 2.35. The predicted molar refractivity (Wildman–Crippen MR) is 67.0 cm³/mol. The molecule has 0 aliphatic heterocycles. The summed E-state index contributed by atoms with van der Waals surface area (Å²) >= 11 is 0. The fourth-order valence-corrected chi connectivity index (χ4v) is 1.87. The zero-order valence-electron chi connectivity index (χ0n) is 11.0. The average Bonchev–Trinajstić information content (AvgIpc) is 2.42. The molecule has 1 aromatic carbocycles. The molecule has 9 heteroatoms. The lowest BCUT2D eigenvalue weighted by Crippen LogP contribution is -2.40. The van der Waals surface area contributed by atoms with Crippen LogP contribution in [0.1, 0.15) is 11.3 Å². The second kappa shape index (κ2) is 5.14. The molecule has 0 atom stereocenters. The van der Waals surface area contributed by atoms with Crippen molar-refractivity contribution in [1.82, 2.24) is 9.13 Å². The van der Waals surface area contributed by atoms with Crippen LogP contribution in [-0.4, -0.2) is 9.13 Å². The maximum atomic E-state index is 13.5. The molecular formula is C13H7F4N3O2. The van der Waals surface area contributed by atoms with Gasteiger partial charge in [-0.25, -0.2) is 13.8 Å². The van der Waals surface area contributed by atoms with Crippen LogP contribution in [0.25, 0.3) is 5.69 Å². The van der Waals surface area contributed by atoms with E-state index in [-0.39, 0.29) is 21.9 Å². The second-order valence-electron chi connectivity index (χ2n) is 4.32. The molecule has 0 saturated heterocycles. The molecule has 0 N–H and O–H groups in total. The van der Waals surface area contributed by atoms with Crippen molar-refractivity contribution in [2.24, 2.45) is 7.05 Å². The summed E-state index contributed by atoms with van der Waals surface area (Å²) in [5.74, 6) is -0.992. The largest absolute Gasteiger partial charge is 0.431 e. The van der Waals surface area contributed by atoms with Gasteiger partial charge in [0.1, 0.15) is 17.6 Å². The van der Waals surface area contributed by atoms with E-state index in [1.54, 1.807) is 6.07 Å². The highest BCUT2D eigenvalue weighted by atomic mass is 19.4. The third-order valence-electron chi connectivity index (χ3n) is 2.94. The first-order valence-electron chi connectivity index (χ1n) is 5.77. The molecule has 0 unspecified atom stereocenters. The van der Waals surface area contributed by atoms with Crippen molar-refractivity contribution >= 4 is 0 Å². The Kier molecular flexibility index (Phi) is 3.62. The van der Waals surface area contributed by atoms with E-state index in [2.05, 4.69) is 0 Å². The lowest BCUT2D eigenvalue weighted by atomic mass is 10.2. The van der Waals surface area contributed by atoms with Gasteiger partial charge in [0.15, 0.2) is 0 Å². The molecule has 2 rings (SSSR count). The molecule has 0 spiro atoms. The highest BCUT2D eigenvalue weighted by molar-refractivity contribution is 5.40. The van der Waals surface area contributed by atoms with Crippen LogP contribution in [0.2, 0.25) is 0 Å². The van der Waals surface area contributed by atoms with Gasteiger partial charge in [-0.1, -0.05) is 0 Å². The number of aromatic nitrogens is 2. The molecule has 0 aliphatic rings. The fourth-order valence-electron chi connectivity index (χ4n) is 1.87. The van der Waals surface area contributed by atoms with Crippen LogP contribution in [0.15, 0.2) is 33.9 Å². The molecule has 0 bridgehead atoms. The van der Waals surface area contributed by atoms with Gasteiger partial charge in [0.25, 0.3) is 5.56 Å². The van der Waals surface area contributed by atoms with Crippen LogP contribution in [0.5, 0.6) is 0 Å². The first-order chi connectivity index (χ1) is 10.2. The standard InChI is InChI=1S/C13H7F4N3O2/c1-19-10(13(15,16)17)5-11(21)20(12(19)22)8-3-2-7(6-18)9(14)4-8/h2-5H,1H3. The average molecular weight is 313 g/mol. The third-order valence-corrected chi connectivity index (χ3v) is 2.94. The highest BCUT2D eigenvalue weighted by Crippen LogP contribution is 2.26. The Balaban J connectivity index is 2.77. The van der Waals surface area contributed by atoms with Crippen LogP contribution in [0.3, 0.4) is 0 Å². The number of nitrogens with zero attached hydrogens (tertiary/aromatic N) is 3. The molecule has 2 aromatic rings. The maximum Gasteiger partial charge on any atom is 0.431 e. The fraction of sp³-hybridized carbons (Fsp3) is 0.154. The first-order valence-corrected chi connectivity index (χ1v) is 5.77. The van der Waals surface area contributed by atoms with Gasteiger partial charge in [-0.05, 0) is 18.2 Å². The smallest absolute Gasteiger partial charge is 0.292 e. The number of rotatable bonds is 1. The van der Waals surface area contributed by atoms with Gasteiger partial charge < -0.3 is 0 Å². The second-order valence-corrected chi connectivity index (χ2v) is 4.32. The third kappa shape index (κ3) is 2.50. The van der Waals surface area contributed by atoms with Crippen molar-refractivity contribution in [3.8, 4) is 11.8 Å². The summed E-state index contributed by atoms with van der Waals surface area (Å²) in [7, 11) is 0.848. The zero-order valence-corrected chi connectivity index (χ0v) is 11.0. The quantitative estimate of drug-likeness (QED) is 0.751. The van der Waals surface area contributed by atoms with Crippen molar-refractivity contribution in [3.05, 3.63) is 62.2 Å². The molecule has 0 amide bonds. The van der Waals surface area contributed by atoms with E-state index in [0.29, 0.717) is 4.57 Å². The van der Waals surface area contributed by atoms with Crippen LogP contribution < -0.4 is 11.2 Å². The number of hydrogen-bond donors (Lipinski definition) is 0. The normalized spacial score (nSPS) is 11.3. The summed E-state index contributed by atoms with van der Waals surface area (Å²) < 4.78 is 52.3. The molecule has 5 nitrogen and oxygen atoms in total. The Morgan fingerprint density at radius 1 is 1.18 bits per heavy atom. The molecule has 0 saturated carbocycles. The van der Waals surface area contributed by atoms with E-state index in [0.717, 1.165) is 25.2 Å². The van der Waals surface area contributed by atoms with E-state index in [4.69, 9.17) is 5.26 Å². The van der Waals surface area contributed by atoms with Crippen molar-refractivity contribution in [1.29, 1.82) is 5.26 Å². The van der Waals surface area contributed by atoms with Crippen molar-refractivity contribution in [2.75, 3.05) is 0 Å². The van der Waals surface area contributed by atoms with Gasteiger partial charge in [-0.2, -0.15) is 18.4 Å². The minimum absolute atomic E-state index is 0.248. The van der Waals surface area contributed by atoms with Crippen molar-refractivity contribution < 1.29 is 17.6 Å². The number of halogens is 4. The summed E-state index contributed by atoms with van der Waals surface area (Å²) in [6, 6.07) is 4.64. The predicted octanol–water partition coefficient (Wildman–Crippen LogP) is 1.57. The minimum Gasteiger partial charge on any atom is -0.292 e. The molecule has 0 radical (unpaired) electrons. The summed E-state index contributed by atoms with van der Waals surface area (Å²) in [4.78, 5) is 23.7. The van der Waals surface area contributed by atoms with Gasteiger partial charge in [0.2, 0.25) is 0 Å². The SMILES string of the molecule is Cn1c(C(F)(F)F)cc(=O)n(-c2ccc(C#N)c(F)c2)c1=O. The van der Waals surface area contributed by atoms with Crippen LogP contribution in [0, 0.1) is 17.1 Å². The monoisotopic (exact) mass is 313 g/mol. The summed E-state index contributed by atoms with van der Waals surface area (Å²) in [6.45, 7) is 0. The maximum absolute atomic E-state index is 13.5. The lowest BCUT2D eigenvalue weighted by molar-refractivity contribution is -0.144. The Morgan fingerprint density at radius 3 is 2.32 bits per heavy atom. The first kappa shape index (κ1) is 15.5. The van der Waals surface area contributed by atoms with Crippen molar-refractivity contribution in [2.45, 2.75) is 6.18 Å². The molecule has 1 aromatic heterocycles. The Labute approximate surface area is 120 Å². The molecule has 0 fully saturated rings. The van der Waals surface area contributed by atoms with Gasteiger partial charge >= 0.3 is 11.9 Å². The van der Waals surface area contributed by atoms with E-state index >= 15 is 0 Å². The van der Waals surface area contributed by atoms with E-state index in [9.17, 15) is 27.2 Å².